The van der Waals surface area contributed by atoms with E-state index in [1.807, 2.05) is 46.4 Å². The highest BCUT2D eigenvalue weighted by Crippen LogP contribution is 2.18. The lowest BCUT2D eigenvalue weighted by Gasteiger charge is -2.38. The van der Waals surface area contributed by atoms with Gasteiger partial charge in [0.15, 0.2) is 0 Å². The van der Waals surface area contributed by atoms with E-state index in [1.54, 1.807) is 0 Å². The molecule has 0 spiro atoms. The second kappa shape index (κ2) is 7.07. The molecular formula is C16H32N2O3. The number of carbonyl (C=O) groups is 1. The predicted octanol–water partition coefficient (Wildman–Crippen LogP) is 1.35. The van der Waals surface area contributed by atoms with E-state index >= 15 is 0 Å². The molecule has 1 amide bonds. The molecule has 21 heavy (non-hydrogen) atoms. The minimum absolute atomic E-state index is 0.207. The second-order valence-corrected chi connectivity index (χ2v) is 7.92. The predicted molar refractivity (Wildman–Crippen MR) is 84.2 cm³/mol. The smallest absolute Gasteiger partial charge is 0.228 e. The number of hydrogen-bond acceptors (Lipinski definition) is 4. The van der Waals surface area contributed by atoms with Crippen LogP contribution in [0.2, 0.25) is 0 Å². The molecule has 124 valence electrons. The van der Waals surface area contributed by atoms with Gasteiger partial charge in [-0.1, -0.05) is 20.8 Å². The van der Waals surface area contributed by atoms with E-state index in [0.29, 0.717) is 13.2 Å². The van der Waals surface area contributed by atoms with Crippen molar-refractivity contribution < 1.29 is 14.6 Å². The first-order valence-corrected chi connectivity index (χ1v) is 7.83. The molecule has 0 aromatic heterocycles. The maximum Gasteiger partial charge on any atom is 0.228 e. The van der Waals surface area contributed by atoms with Crippen molar-refractivity contribution in [3.63, 3.8) is 0 Å². The topological polar surface area (TPSA) is 53.0 Å². The van der Waals surface area contributed by atoms with Gasteiger partial charge in [0.2, 0.25) is 5.91 Å². The summed E-state index contributed by atoms with van der Waals surface area (Å²) in [5, 5.41) is 10.0. The summed E-state index contributed by atoms with van der Waals surface area (Å²) in [6.45, 7) is 15.9. The highest BCUT2D eigenvalue weighted by Gasteiger charge is 2.30. The first-order valence-electron chi connectivity index (χ1n) is 7.83. The summed E-state index contributed by atoms with van der Waals surface area (Å²) in [6, 6.07) is 0. The number of nitrogens with zero attached hydrogens (tertiary/aromatic N) is 2. The molecular weight excluding hydrogens is 268 g/mol. The van der Waals surface area contributed by atoms with Crippen LogP contribution in [0.4, 0.5) is 0 Å². The summed E-state index contributed by atoms with van der Waals surface area (Å²) in [6.07, 6.45) is -0.478. The van der Waals surface area contributed by atoms with Gasteiger partial charge in [-0.2, -0.15) is 0 Å². The minimum atomic E-state index is -0.478. The van der Waals surface area contributed by atoms with E-state index in [4.69, 9.17) is 4.74 Å². The number of amides is 1. The van der Waals surface area contributed by atoms with Crippen molar-refractivity contribution in [3.05, 3.63) is 0 Å². The summed E-state index contributed by atoms with van der Waals surface area (Å²) in [5.74, 6) is 0.207. The molecule has 0 radical (unpaired) electrons. The van der Waals surface area contributed by atoms with Gasteiger partial charge in [-0.05, 0) is 20.8 Å². The number of β-amino-alcohol motifs (C(OH)–C–C–N with tert-alkyl or cyclic N) is 1. The second-order valence-electron chi connectivity index (χ2n) is 7.92. The highest BCUT2D eigenvalue weighted by atomic mass is 16.5. The van der Waals surface area contributed by atoms with Gasteiger partial charge in [-0.3, -0.25) is 9.69 Å². The molecule has 1 aliphatic heterocycles. The van der Waals surface area contributed by atoms with Crippen LogP contribution in [0.1, 0.15) is 41.5 Å². The van der Waals surface area contributed by atoms with E-state index in [9.17, 15) is 9.90 Å². The molecule has 0 saturated carbocycles. The van der Waals surface area contributed by atoms with E-state index < -0.39 is 6.10 Å². The zero-order chi connectivity index (χ0) is 16.3. The molecule has 1 aliphatic rings. The molecule has 1 N–H and O–H groups in total. The van der Waals surface area contributed by atoms with Crippen LogP contribution in [0.15, 0.2) is 0 Å². The van der Waals surface area contributed by atoms with Gasteiger partial charge >= 0.3 is 0 Å². The summed E-state index contributed by atoms with van der Waals surface area (Å²) < 4.78 is 5.60. The van der Waals surface area contributed by atoms with Crippen LogP contribution < -0.4 is 0 Å². The lowest BCUT2D eigenvalue weighted by atomic mass is 9.94. The van der Waals surface area contributed by atoms with Crippen molar-refractivity contribution >= 4 is 5.91 Å². The fourth-order valence-electron chi connectivity index (χ4n) is 2.30. The lowest BCUT2D eigenvalue weighted by Crippen LogP contribution is -2.53. The first kappa shape index (κ1) is 18.4. The average molecular weight is 300 g/mol. The molecule has 1 fully saturated rings. The molecule has 0 aromatic carbocycles. The number of rotatable bonds is 4. The maximum absolute atomic E-state index is 12.2. The normalized spacial score (nSPS) is 19.7. The van der Waals surface area contributed by atoms with Crippen molar-refractivity contribution in [2.45, 2.75) is 53.2 Å². The molecule has 1 unspecified atom stereocenters. The van der Waals surface area contributed by atoms with Crippen molar-refractivity contribution in [3.8, 4) is 0 Å². The first-order chi connectivity index (χ1) is 9.49. The zero-order valence-corrected chi connectivity index (χ0v) is 14.5. The minimum Gasteiger partial charge on any atom is -0.389 e. The van der Waals surface area contributed by atoms with Gasteiger partial charge in [-0.15, -0.1) is 0 Å². The Labute approximate surface area is 129 Å². The average Bonchev–Trinajstić information content (AvgIpc) is 2.34. The molecule has 5 heteroatoms. The fraction of sp³-hybridized carbons (Fsp3) is 0.938. The molecule has 0 bridgehead atoms. The number of hydrogen-bond donors (Lipinski definition) is 1. The molecule has 5 nitrogen and oxygen atoms in total. The monoisotopic (exact) mass is 300 g/mol. The van der Waals surface area contributed by atoms with Gasteiger partial charge in [-0.25, -0.2) is 0 Å². The number of aliphatic hydroxyl groups excluding tert-OH is 1. The third kappa shape index (κ3) is 6.76. The van der Waals surface area contributed by atoms with Crippen LogP contribution in [0.3, 0.4) is 0 Å². The molecule has 0 aromatic rings. The quantitative estimate of drug-likeness (QED) is 0.851. The van der Waals surface area contributed by atoms with Gasteiger partial charge < -0.3 is 14.7 Å². The van der Waals surface area contributed by atoms with E-state index in [0.717, 1.165) is 26.2 Å². The molecule has 1 saturated heterocycles. The van der Waals surface area contributed by atoms with Crippen molar-refractivity contribution in [1.29, 1.82) is 0 Å². The number of ether oxygens (including phenoxy) is 1. The Balaban J connectivity index is 2.32. The van der Waals surface area contributed by atoms with Crippen LogP contribution in [-0.4, -0.2) is 71.8 Å². The van der Waals surface area contributed by atoms with Gasteiger partial charge in [0, 0.05) is 38.1 Å². The number of carbonyl (C=O) groups excluding carboxylic acids is 1. The summed E-state index contributed by atoms with van der Waals surface area (Å²) in [4.78, 5) is 16.3. The summed E-state index contributed by atoms with van der Waals surface area (Å²) >= 11 is 0. The van der Waals surface area contributed by atoms with Gasteiger partial charge in [0.1, 0.15) is 0 Å². The third-order valence-electron chi connectivity index (χ3n) is 3.48. The van der Waals surface area contributed by atoms with Gasteiger partial charge in [0.05, 0.1) is 18.3 Å². The molecule has 1 rings (SSSR count). The standard InChI is InChI=1S/C16H32N2O3/c1-15(2,3)14(20)18-9-7-17(8-10-18)11-13(19)12-21-16(4,5)6/h13,19H,7-12H2,1-6H3. The van der Waals surface area contributed by atoms with E-state index in [2.05, 4.69) is 4.90 Å². The SMILES string of the molecule is CC(C)(C)OCC(O)CN1CCN(C(=O)C(C)(C)C)CC1. The van der Waals surface area contributed by atoms with Crippen LogP contribution in [0, 0.1) is 5.41 Å². The van der Waals surface area contributed by atoms with Crippen LogP contribution in [-0.2, 0) is 9.53 Å². The van der Waals surface area contributed by atoms with Crippen LogP contribution >= 0.6 is 0 Å². The van der Waals surface area contributed by atoms with E-state index in [-0.39, 0.29) is 16.9 Å². The van der Waals surface area contributed by atoms with Crippen LogP contribution in [0.25, 0.3) is 0 Å². The third-order valence-corrected chi connectivity index (χ3v) is 3.48. The lowest BCUT2D eigenvalue weighted by molar-refractivity contribution is -0.141. The molecule has 1 heterocycles. The Morgan fingerprint density at radius 3 is 2.05 bits per heavy atom. The Morgan fingerprint density at radius 2 is 1.62 bits per heavy atom. The highest BCUT2D eigenvalue weighted by molar-refractivity contribution is 5.81. The number of piperazine rings is 1. The van der Waals surface area contributed by atoms with E-state index in [1.165, 1.54) is 0 Å². The summed E-state index contributed by atoms with van der Waals surface area (Å²) in [5.41, 5.74) is -0.541. The Bertz CT molecular complexity index is 336. The van der Waals surface area contributed by atoms with Gasteiger partial charge in [0.25, 0.3) is 0 Å². The van der Waals surface area contributed by atoms with Crippen molar-refractivity contribution in [2.75, 3.05) is 39.3 Å². The maximum atomic E-state index is 12.2. The zero-order valence-electron chi connectivity index (χ0n) is 14.5. The Hall–Kier alpha value is -0.650. The Kier molecular flexibility index (Phi) is 6.20. The molecule has 0 aliphatic carbocycles. The van der Waals surface area contributed by atoms with Crippen LogP contribution in [0.5, 0.6) is 0 Å². The Morgan fingerprint density at radius 1 is 1.10 bits per heavy atom. The fourth-order valence-corrected chi connectivity index (χ4v) is 2.30. The molecule has 1 atom stereocenters. The van der Waals surface area contributed by atoms with Crippen molar-refractivity contribution in [2.24, 2.45) is 5.41 Å². The largest absolute Gasteiger partial charge is 0.389 e. The number of aliphatic hydroxyl groups is 1. The van der Waals surface area contributed by atoms with Crippen molar-refractivity contribution in [1.82, 2.24) is 9.80 Å². The summed E-state index contributed by atoms with van der Waals surface area (Å²) in [7, 11) is 0.